The maximum Gasteiger partial charge on any atom is 0.336 e. The lowest BCUT2D eigenvalue weighted by Gasteiger charge is -2.10. The summed E-state index contributed by atoms with van der Waals surface area (Å²) in [7, 11) is 4.35. The Morgan fingerprint density at radius 3 is 1.92 bits per heavy atom. The van der Waals surface area contributed by atoms with E-state index in [0.29, 0.717) is 16.9 Å². The van der Waals surface area contributed by atoms with Crippen molar-refractivity contribution in [3.63, 3.8) is 0 Å². The first-order valence-electron chi connectivity index (χ1n) is 7.04. The summed E-state index contributed by atoms with van der Waals surface area (Å²) in [6.07, 6.45) is 1.48. The van der Waals surface area contributed by atoms with Crippen LogP contribution < -0.4 is 14.2 Å². The molecule has 0 aromatic heterocycles. The number of benzene rings is 2. The van der Waals surface area contributed by atoms with Gasteiger partial charge in [-0.3, -0.25) is 0 Å². The molecular weight excluding hydrogens is 312 g/mol. The van der Waals surface area contributed by atoms with Gasteiger partial charge in [-0.25, -0.2) is 4.79 Å². The highest BCUT2D eigenvalue weighted by Crippen LogP contribution is 2.38. The zero-order chi connectivity index (χ0) is 17.7. The number of rotatable bonds is 6. The topological polar surface area (TPSA) is 85.2 Å². The molecular formula is C18H18O6. The predicted octanol–water partition coefficient (Wildman–Crippen LogP) is 3.04. The van der Waals surface area contributed by atoms with Crippen LogP contribution in [0.2, 0.25) is 0 Å². The normalized spacial score (nSPS) is 11.0. The van der Waals surface area contributed by atoms with Crippen molar-refractivity contribution in [1.82, 2.24) is 0 Å². The van der Waals surface area contributed by atoms with Gasteiger partial charge in [0.2, 0.25) is 5.75 Å². The van der Waals surface area contributed by atoms with Crippen LogP contribution in [-0.4, -0.2) is 37.5 Å². The van der Waals surface area contributed by atoms with Crippen molar-refractivity contribution in [3.05, 3.63) is 47.5 Å². The first kappa shape index (κ1) is 17.2. The van der Waals surface area contributed by atoms with Crippen molar-refractivity contribution in [1.29, 1.82) is 0 Å². The number of phenols is 1. The van der Waals surface area contributed by atoms with Gasteiger partial charge in [-0.1, -0.05) is 12.1 Å². The Hall–Kier alpha value is -3.15. The van der Waals surface area contributed by atoms with Crippen LogP contribution in [0, 0.1) is 0 Å². The van der Waals surface area contributed by atoms with E-state index in [1.807, 2.05) is 0 Å². The van der Waals surface area contributed by atoms with Crippen LogP contribution in [0.25, 0.3) is 11.6 Å². The molecule has 0 saturated heterocycles. The Bertz CT molecular complexity index is 737. The molecule has 6 nitrogen and oxygen atoms in total. The fourth-order valence-corrected chi connectivity index (χ4v) is 2.20. The number of phenolic OH excluding ortho intramolecular Hbond substituents is 1. The molecule has 6 heteroatoms. The number of hydrogen-bond acceptors (Lipinski definition) is 5. The molecule has 0 spiro atoms. The summed E-state index contributed by atoms with van der Waals surface area (Å²) in [6, 6.07) is 9.75. The summed E-state index contributed by atoms with van der Waals surface area (Å²) in [5.74, 6) is -0.193. The van der Waals surface area contributed by atoms with E-state index in [2.05, 4.69) is 0 Å². The van der Waals surface area contributed by atoms with Gasteiger partial charge in [0.25, 0.3) is 0 Å². The summed E-state index contributed by atoms with van der Waals surface area (Å²) in [4.78, 5) is 11.6. The van der Waals surface area contributed by atoms with E-state index in [9.17, 15) is 15.0 Å². The van der Waals surface area contributed by atoms with E-state index >= 15 is 0 Å². The number of ether oxygens (including phenoxy) is 3. The van der Waals surface area contributed by atoms with Gasteiger partial charge in [0.1, 0.15) is 5.75 Å². The van der Waals surface area contributed by atoms with Crippen LogP contribution >= 0.6 is 0 Å². The average Bonchev–Trinajstić information content (AvgIpc) is 2.60. The SMILES string of the molecule is COc1ccc(/C(=C\c2cc(OC)c(O)c(OC)c2)C(=O)O)cc1. The molecule has 0 radical (unpaired) electrons. The van der Waals surface area contributed by atoms with E-state index < -0.39 is 5.97 Å². The lowest BCUT2D eigenvalue weighted by Crippen LogP contribution is -2.00. The van der Waals surface area contributed by atoms with Gasteiger partial charge in [0.15, 0.2) is 11.5 Å². The molecule has 0 amide bonds. The second kappa shape index (κ2) is 7.41. The van der Waals surface area contributed by atoms with Crippen molar-refractivity contribution in [2.24, 2.45) is 0 Å². The Balaban J connectivity index is 2.53. The summed E-state index contributed by atoms with van der Waals surface area (Å²) in [5, 5.41) is 19.4. The molecule has 126 valence electrons. The van der Waals surface area contributed by atoms with Crippen molar-refractivity contribution in [2.45, 2.75) is 0 Å². The molecule has 0 unspecified atom stereocenters. The number of aliphatic carboxylic acids is 1. The lowest BCUT2D eigenvalue weighted by atomic mass is 10.0. The van der Waals surface area contributed by atoms with Crippen LogP contribution in [0.3, 0.4) is 0 Å². The average molecular weight is 330 g/mol. The summed E-state index contributed by atoms with van der Waals surface area (Å²) < 4.78 is 15.2. The van der Waals surface area contributed by atoms with Crippen LogP contribution in [0.1, 0.15) is 11.1 Å². The Labute approximate surface area is 139 Å². The molecule has 0 aliphatic heterocycles. The van der Waals surface area contributed by atoms with Gasteiger partial charge in [-0.05, 0) is 41.5 Å². The van der Waals surface area contributed by atoms with E-state index in [1.165, 1.54) is 39.5 Å². The highest BCUT2D eigenvalue weighted by Gasteiger charge is 2.14. The van der Waals surface area contributed by atoms with Gasteiger partial charge in [-0.15, -0.1) is 0 Å². The Morgan fingerprint density at radius 1 is 0.958 bits per heavy atom. The smallest absolute Gasteiger partial charge is 0.336 e. The van der Waals surface area contributed by atoms with E-state index in [4.69, 9.17) is 14.2 Å². The van der Waals surface area contributed by atoms with E-state index in [0.717, 1.165) is 0 Å². The molecule has 0 fully saturated rings. The quantitative estimate of drug-likeness (QED) is 0.625. The Morgan fingerprint density at radius 2 is 1.50 bits per heavy atom. The number of carboxylic acid groups (broad SMARTS) is 1. The van der Waals surface area contributed by atoms with Crippen LogP contribution in [0.4, 0.5) is 0 Å². The molecule has 0 atom stereocenters. The molecule has 0 aliphatic carbocycles. The number of methoxy groups -OCH3 is 3. The number of carboxylic acids is 1. The van der Waals surface area contributed by atoms with Gasteiger partial charge in [0, 0.05) is 0 Å². The third-order valence-corrected chi connectivity index (χ3v) is 3.44. The summed E-state index contributed by atoms with van der Waals surface area (Å²) in [6.45, 7) is 0. The second-order valence-electron chi connectivity index (χ2n) is 4.87. The minimum atomic E-state index is -1.08. The predicted molar refractivity (Wildman–Crippen MR) is 89.7 cm³/mol. The van der Waals surface area contributed by atoms with Crippen molar-refractivity contribution in [3.8, 4) is 23.0 Å². The zero-order valence-corrected chi connectivity index (χ0v) is 13.6. The fraction of sp³-hybridized carbons (Fsp3) is 0.167. The van der Waals surface area contributed by atoms with Gasteiger partial charge in [0.05, 0.1) is 26.9 Å². The van der Waals surface area contributed by atoms with E-state index in [1.54, 1.807) is 24.3 Å². The molecule has 24 heavy (non-hydrogen) atoms. The number of aromatic hydroxyl groups is 1. The third-order valence-electron chi connectivity index (χ3n) is 3.44. The molecule has 2 aromatic carbocycles. The minimum Gasteiger partial charge on any atom is -0.502 e. The van der Waals surface area contributed by atoms with Crippen LogP contribution in [-0.2, 0) is 4.79 Å². The summed E-state index contributed by atoms with van der Waals surface area (Å²) in [5.41, 5.74) is 1.14. The minimum absolute atomic E-state index is 0.0902. The maximum absolute atomic E-state index is 11.6. The highest BCUT2D eigenvalue weighted by atomic mass is 16.5. The molecule has 2 N–H and O–H groups in total. The first-order valence-corrected chi connectivity index (χ1v) is 7.04. The van der Waals surface area contributed by atoms with Gasteiger partial charge in [-0.2, -0.15) is 0 Å². The number of carbonyl (C=O) groups is 1. The van der Waals surface area contributed by atoms with Crippen LogP contribution in [0.15, 0.2) is 36.4 Å². The molecule has 0 bridgehead atoms. The first-order chi connectivity index (χ1) is 11.5. The number of hydrogen-bond donors (Lipinski definition) is 2. The summed E-state index contributed by atoms with van der Waals surface area (Å²) >= 11 is 0. The molecule has 0 saturated carbocycles. The van der Waals surface area contributed by atoms with Crippen LogP contribution in [0.5, 0.6) is 23.0 Å². The lowest BCUT2D eigenvalue weighted by molar-refractivity contribution is -0.130. The molecule has 2 aromatic rings. The van der Waals surface area contributed by atoms with Crippen molar-refractivity contribution in [2.75, 3.05) is 21.3 Å². The second-order valence-corrected chi connectivity index (χ2v) is 4.87. The van der Waals surface area contributed by atoms with Gasteiger partial charge >= 0.3 is 5.97 Å². The zero-order valence-electron chi connectivity index (χ0n) is 13.6. The molecule has 0 aliphatic rings. The molecule has 0 heterocycles. The maximum atomic E-state index is 11.6. The standard InChI is InChI=1S/C18H18O6/c1-22-13-6-4-12(5-7-13)14(18(20)21)8-11-9-15(23-2)17(19)16(10-11)24-3/h4-10,19H,1-3H3,(H,20,21)/b14-8+. The van der Waals surface area contributed by atoms with Gasteiger partial charge < -0.3 is 24.4 Å². The highest BCUT2D eigenvalue weighted by molar-refractivity contribution is 6.20. The molecule has 2 rings (SSSR count). The largest absolute Gasteiger partial charge is 0.502 e. The van der Waals surface area contributed by atoms with Crippen molar-refractivity contribution < 1.29 is 29.2 Å². The third kappa shape index (κ3) is 3.60. The van der Waals surface area contributed by atoms with E-state index in [-0.39, 0.29) is 22.8 Å². The monoisotopic (exact) mass is 330 g/mol. The fourth-order valence-electron chi connectivity index (χ4n) is 2.20. The Kier molecular flexibility index (Phi) is 5.31. The van der Waals surface area contributed by atoms with Crippen molar-refractivity contribution >= 4 is 17.6 Å².